The molecule has 3 rings (SSSR count). The molecule has 1 heterocycles. The second-order valence-electron chi connectivity index (χ2n) is 8.77. The van der Waals surface area contributed by atoms with E-state index < -0.39 is 9.84 Å². The molecule has 0 bridgehead atoms. The molecule has 0 spiro atoms. The van der Waals surface area contributed by atoms with Gasteiger partial charge in [-0.2, -0.15) is 0 Å². The molecule has 0 amide bonds. The fourth-order valence-corrected chi connectivity index (χ4v) is 8.75. The van der Waals surface area contributed by atoms with Crippen LogP contribution in [0.3, 0.4) is 0 Å². The van der Waals surface area contributed by atoms with Crippen LogP contribution in [-0.2, 0) is 9.84 Å². The molecule has 37 heavy (non-hydrogen) atoms. The first kappa shape index (κ1) is 29.6. The first-order chi connectivity index (χ1) is 17.7. The van der Waals surface area contributed by atoms with Crippen molar-refractivity contribution >= 4 is 33.4 Å². The van der Waals surface area contributed by atoms with E-state index >= 15 is 0 Å². The van der Waals surface area contributed by atoms with E-state index in [4.69, 9.17) is 23.7 Å². The fraction of sp³-hybridized carbons (Fsp3) is 0.538. The molecule has 1 fully saturated rings. The lowest BCUT2D eigenvalue weighted by atomic mass is 10.1. The third-order valence-corrected chi connectivity index (χ3v) is 10.9. The largest absolute Gasteiger partial charge is 0.493 e. The molecule has 1 aliphatic rings. The third-order valence-electron chi connectivity index (χ3n) is 5.87. The highest BCUT2D eigenvalue weighted by molar-refractivity contribution is 8.19. The first-order valence-corrected chi connectivity index (χ1v) is 15.6. The Hall–Kier alpha value is -1.95. The maximum Gasteiger partial charge on any atom is 0.203 e. The molecule has 1 aliphatic heterocycles. The van der Waals surface area contributed by atoms with Gasteiger partial charge in [-0.05, 0) is 55.9 Å². The first-order valence-electron chi connectivity index (χ1n) is 12.0. The molecule has 0 radical (unpaired) electrons. The Kier molecular flexibility index (Phi) is 10.6. The van der Waals surface area contributed by atoms with Crippen LogP contribution in [0.4, 0.5) is 0 Å². The van der Waals surface area contributed by atoms with Crippen molar-refractivity contribution in [3.8, 4) is 28.7 Å². The number of methoxy groups -OCH3 is 4. The summed E-state index contributed by atoms with van der Waals surface area (Å²) in [7, 11) is 6.45. The van der Waals surface area contributed by atoms with Crippen LogP contribution in [0, 0.1) is 0 Å². The molecule has 0 aliphatic carbocycles. The molecule has 2 atom stereocenters. The van der Waals surface area contributed by atoms with Gasteiger partial charge in [0, 0.05) is 17.5 Å². The van der Waals surface area contributed by atoms with Crippen LogP contribution in [-0.4, -0.2) is 80.5 Å². The van der Waals surface area contributed by atoms with Crippen molar-refractivity contribution in [2.75, 3.05) is 67.2 Å². The molecule has 0 aromatic heterocycles. The van der Waals surface area contributed by atoms with Crippen LogP contribution in [0.5, 0.6) is 28.7 Å². The molecule has 8 nitrogen and oxygen atoms in total. The van der Waals surface area contributed by atoms with Crippen molar-refractivity contribution in [1.29, 1.82) is 0 Å². The third kappa shape index (κ3) is 6.93. The summed E-state index contributed by atoms with van der Waals surface area (Å²) in [4.78, 5) is 2.05. The lowest BCUT2D eigenvalue weighted by Gasteiger charge is -2.20. The number of hydrogen-bond acceptors (Lipinski definition) is 10. The minimum atomic E-state index is -3.60. The lowest BCUT2D eigenvalue weighted by molar-refractivity contribution is 0.286. The topological polar surface area (TPSA) is 83.5 Å². The fourth-order valence-electron chi connectivity index (χ4n) is 3.91. The highest BCUT2D eigenvalue weighted by Crippen LogP contribution is 2.58. The molecule has 2 aromatic rings. The Balaban J connectivity index is 1.98. The summed E-state index contributed by atoms with van der Waals surface area (Å²) in [6, 6.07) is 7.61. The van der Waals surface area contributed by atoms with Gasteiger partial charge in [0.1, 0.15) is 4.90 Å². The summed E-state index contributed by atoms with van der Waals surface area (Å²) in [5, 5.41) is 0.152. The van der Waals surface area contributed by atoms with Gasteiger partial charge in [0.15, 0.2) is 32.8 Å². The molecule has 0 N–H and O–H groups in total. The second kappa shape index (κ2) is 13.2. The number of sulfone groups is 1. The van der Waals surface area contributed by atoms with Crippen LogP contribution >= 0.6 is 23.5 Å². The number of nitrogens with zero attached hydrogens (tertiary/aromatic N) is 1. The van der Waals surface area contributed by atoms with Gasteiger partial charge >= 0.3 is 0 Å². The predicted molar refractivity (Wildman–Crippen MR) is 151 cm³/mol. The number of hydrogen-bond donors (Lipinski definition) is 0. The van der Waals surface area contributed by atoms with Crippen LogP contribution < -0.4 is 23.7 Å². The molecule has 206 valence electrons. The SMILES string of the molecule is CCCOc1c(OC)cc([C@H]2SC[C@H](c3cc(OC)c(OC)c(OC)c3)S2)cc1S(=O)(=O)CCN(C)C. The lowest BCUT2D eigenvalue weighted by Crippen LogP contribution is -2.22. The highest BCUT2D eigenvalue weighted by Gasteiger charge is 2.33. The van der Waals surface area contributed by atoms with Gasteiger partial charge in [0.25, 0.3) is 0 Å². The standard InChI is InChI=1S/C26H37NO7S3/c1-8-10-34-25-21(32-6)14-18(15-23(25)37(28,29)11-9-27(2)3)26-35-16-22(36-26)17-12-19(30-4)24(33-7)20(13-17)31-5/h12-15,22,26H,8-11,16H2,1-7H3/t22-,26+/m1/s1. The van der Waals surface area contributed by atoms with Crippen molar-refractivity contribution in [3.63, 3.8) is 0 Å². The molecule has 11 heteroatoms. The molecule has 2 aromatic carbocycles. The molecule has 0 unspecified atom stereocenters. The Morgan fingerprint density at radius 2 is 1.49 bits per heavy atom. The van der Waals surface area contributed by atoms with E-state index in [1.807, 2.05) is 44.1 Å². The smallest absolute Gasteiger partial charge is 0.203 e. The zero-order valence-electron chi connectivity index (χ0n) is 22.5. The summed E-state index contributed by atoms with van der Waals surface area (Å²) < 4.78 is 55.0. The quantitative estimate of drug-likeness (QED) is 0.325. The zero-order valence-corrected chi connectivity index (χ0v) is 25.0. The normalized spacial score (nSPS) is 17.6. The summed E-state index contributed by atoms with van der Waals surface area (Å²) >= 11 is 3.53. The van der Waals surface area contributed by atoms with Crippen LogP contribution in [0.25, 0.3) is 0 Å². The Labute approximate surface area is 229 Å². The zero-order chi connectivity index (χ0) is 27.2. The Morgan fingerprint density at radius 1 is 0.892 bits per heavy atom. The van der Waals surface area contributed by atoms with Crippen LogP contribution in [0.15, 0.2) is 29.2 Å². The number of benzene rings is 2. The average Bonchev–Trinajstić information content (AvgIpc) is 3.39. The van der Waals surface area contributed by atoms with E-state index in [1.54, 1.807) is 58.0 Å². The van der Waals surface area contributed by atoms with E-state index in [1.165, 1.54) is 0 Å². The van der Waals surface area contributed by atoms with Gasteiger partial charge in [0.05, 0.1) is 45.4 Å². The van der Waals surface area contributed by atoms with Gasteiger partial charge in [-0.1, -0.05) is 6.92 Å². The van der Waals surface area contributed by atoms with Crippen molar-refractivity contribution in [3.05, 3.63) is 35.4 Å². The summed E-state index contributed by atoms with van der Waals surface area (Å²) in [6.07, 6.45) is 0.757. The van der Waals surface area contributed by atoms with Crippen molar-refractivity contribution < 1.29 is 32.1 Å². The van der Waals surface area contributed by atoms with E-state index in [9.17, 15) is 8.42 Å². The van der Waals surface area contributed by atoms with E-state index in [0.717, 1.165) is 23.3 Å². The van der Waals surface area contributed by atoms with Crippen LogP contribution in [0.2, 0.25) is 0 Å². The van der Waals surface area contributed by atoms with Gasteiger partial charge in [-0.3, -0.25) is 0 Å². The van der Waals surface area contributed by atoms with Gasteiger partial charge in [-0.25, -0.2) is 8.42 Å². The highest BCUT2D eigenvalue weighted by atomic mass is 32.2. The van der Waals surface area contributed by atoms with E-state index in [0.29, 0.717) is 41.9 Å². The Bertz CT molecular complexity index is 1150. The number of ether oxygens (including phenoxy) is 5. The summed E-state index contributed by atoms with van der Waals surface area (Å²) in [5.41, 5.74) is 1.94. The molecular weight excluding hydrogens is 534 g/mol. The van der Waals surface area contributed by atoms with E-state index in [-0.39, 0.29) is 20.5 Å². The maximum atomic E-state index is 13.4. The monoisotopic (exact) mass is 571 g/mol. The minimum absolute atomic E-state index is 0.00585. The van der Waals surface area contributed by atoms with Crippen molar-refractivity contribution in [2.45, 2.75) is 28.1 Å². The molecular formula is C26H37NO7S3. The van der Waals surface area contributed by atoms with Crippen molar-refractivity contribution in [2.24, 2.45) is 0 Å². The number of rotatable bonds is 13. The summed E-state index contributed by atoms with van der Waals surface area (Å²) in [5.74, 6) is 3.34. The number of thioether (sulfide) groups is 2. The maximum absolute atomic E-state index is 13.4. The Morgan fingerprint density at radius 3 is 2.03 bits per heavy atom. The van der Waals surface area contributed by atoms with Crippen molar-refractivity contribution in [1.82, 2.24) is 4.90 Å². The average molecular weight is 572 g/mol. The predicted octanol–water partition coefficient (Wildman–Crippen LogP) is 5.07. The van der Waals surface area contributed by atoms with Crippen LogP contribution in [0.1, 0.15) is 34.3 Å². The molecule has 1 saturated heterocycles. The van der Waals surface area contributed by atoms with Gasteiger partial charge in [-0.15, -0.1) is 23.5 Å². The molecule has 0 saturated carbocycles. The van der Waals surface area contributed by atoms with E-state index in [2.05, 4.69) is 0 Å². The second-order valence-corrected chi connectivity index (χ2v) is 13.6. The minimum Gasteiger partial charge on any atom is -0.493 e. The summed E-state index contributed by atoms with van der Waals surface area (Å²) in [6.45, 7) is 2.80. The van der Waals surface area contributed by atoms with Gasteiger partial charge < -0.3 is 28.6 Å². The van der Waals surface area contributed by atoms with Gasteiger partial charge in [0.2, 0.25) is 5.75 Å².